The van der Waals surface area contributed by atoms with Crippen molar-refractivity contribution < 1.29 is 19.1 Å². The van der Waals surface area contributed by atoms with Crippen molar-refractivity contribution >= 4 is 11.9 Å². The van der Waals surface area contributed by atoms with Gasteiger partial charge in [0.05, 0.1) is 13.2 Å². The minimum atomic E-state index is -0.418. The van der Waals surface area contributed by atoms with E-state index in [-0.39, 0.29) is 0 Å². The van der Waals surface area contributed by atoms with Crippen LogP contribution in [0.25, 0.3) is 0 Å². The Hall–Kier alpha value is -1.32. The van der Waals surface area contributed by atoms with Gasteiger partial charge in [0.15, 0.2) is 0 Å². The molecule has 0 saturated carbocycles. The van der Waals surface area contributed by atoms with Gasteiger partial charge in [-0.3, -0.25) is 0 Å². The SMILES string of the molecule is CCCCCCCCCCC(CCCCCCCC)COC(=O)/C=C/C(=O)OCC(CCCCCCCC)CCCCCCCCCC. The van der Waals surface area contributed by atoms with Crippen LogP contribution in [0.3, 0.4) is 0 Å². The predicted molar refractivity (Wildman–Crippen MR) is 208 cm³/mol. The van der Waals surface area contributed by atoms with Crippen molar-refractivity contribution in [1.29, 1.82) is 0 Å². The summed E-state index contributed by atoms with van der Waals surface area (Å²) in [5.74, 6) is -0.00366. The fourth-order valence-electron chi connectivity index (χ4n) is 6.81. The maximum atomic E-state index is 12.6. The lowest BCUT2D eigenvalue weighted by Crippen LogP contribution is -2.15. The van der Waals surface area contributed by atoms with Crippen molar-refractivity contribution in [3.63, 3.8) is 0 Å². The average molecular weight is 677 g/mol. The van der Waals surface area contributed by atoms with Crippen LogP contribution in [0.1, 0.15) is 233 Å². The number of hydrogen-bond donors (Lipinski definition) is 0. The molecule has 0 aliphatic rings. The third kappa shape index (κ3) is 34.5. The molecule has 0 spiro atoms. The lowest BCUT2D eigenvalue weighted by atomic mass is 9.94. The van der Waals surface area contributed by atoms with E-state index >= 15 is 0 Å². The summed E-state index contributed by atoms with van der Waals surface area (Å²) in [6.45, 7) is 9.98. The Balaban J connectivity index is 4.61. The minimum absolute atomic E-state index is 0.416. The van der Waals surface area contributed by atoms with Gasteiger partial charge in [0.2, 0.25) is 0 Å². The van der Waals surface area contributed by atoms with E-state index in [1.54, 1.807) is 0 Å². The van der Waals surface area contributed by atoms with Gasteiger partial charge < -0.3 is 9.47 Å². The molecule has 4 nitrogen and oxygen atoms in total. The number of rotatable bonds is 38. The number of esters is 2. The molecule has 0 bridgehead atoms. The van der Waals surface area contributed by atoms with Crippen LogP contribution < -0.4 is 0 Å². The van der Waals surface area contributed by atoms with Crippen LogP contribution in [0, 0.1) is 11.8 Å². The second-order valence-corrected chi connectivity index (χ2v) is 15.0. The van der Waals surface area contributed by atoms with Gasteiger partial charge in [-0.25, -0.2) is 9.59 Å². The maximum Gasteiger partial charge on any atom is 0.331 e. The second-order valence-electron chi connectivity index (χ2n) is 15.0. The molecule has 2 unspecified atom stereocenters. The smallest absolute Gasteiger partial charge is 0.331 e. The van der Waals surface area contributed by atoms with Gasteiger partial charge in [0.25, 0.3) is 0 Å². The Morgan fingerprint density at radius 3 is 0.792 bits per heavy atom. The molecular formula is C44H84O4. The highest BCUT2D eigenvalue weighted by Gasteiger charge is 2.14. The van der Waals surface area contributed by atoms with Crippen LogP contribution in [0.2, 0.25) is 0 Å². The van der Waals surface area contributed by atoms with Crippen LogP contribution in [-0.2, 0) is 19.1 Å². The zero-order valence-electron chi connectivity index (χ0n) is 33.0. The van der Waals surface area contributed by atoms with Gasteiger partial charge >= 0.3 is 11.9 Å². The first-order valence-corrected chi connectivity index (χ1v) is 21.6. The molecule has 0 rings (SSSR count). The number of ether oxygens (including phenoxy) is 2. The predicted octanol–water partition coefficient (Wildman–Crippen LogP) is 14.4. The molecule has 0 aromatic carbocycles. The molecule has 0 aromatic rings. The molecule has 0 aromatic heterocycles. The first-order chi connectivity index (χ1) is 23.6. The van der Waals surface area contributed by atoms with E-state index in [2.05, 4.69) is 27.7 Å². The highest BCUT2D eigenvalue weighted by Crippen LogP contribution is 2.22. The van der Waals surface area contributed by atoms with Gasteiger partial charge in [-0.1, -0.05) is 207 Å². The lowest BCUT2D eigenvalue weighted by molar-refractivity contribution is -0.142. The van der Waals surface area contributed by atoms with E-state index in [0.29, 0.717) is 25.0 Å². The quantitative estimate of drug-likeness (QED) is 0.0371. The molecule has 4 heteroatoms. The largest absolute Gasteiger partial charge is 0.462 e. The molecule has 0 aliphatic carbocycles. The van der Waals surface area contributed by atoms with Crippen LogP contribution in [0.4, 0.5) is 0 Å². The summed E-state index contributed by atoms with van der Waals surface area (Å²) in [4.78, 5) is 25.1. The van der Waals surface area contributed by atoms with Crippen LogP contribution >= 0.6 is 0 Å². The highest BCUT2D eigenvalue weighted by atomic mass is 16.5. The lowest BCUT2D eigenvalue weighted by Gasteiger charge is -2.17. The molecule has 0 heterocycles. The summed E-state index contributed by atoms with van der Waals surface area (Å²) in [7, 11) is 0. The van der Waals surface area contributed by atoms with E-state index in [1.165, 1.54) is 192 Å². The topological polar surface area (TPSA) is 52.6 Å². The third-order valence-electron chi connectivity index (χ3n) is 10.1. The van der Waals surface area contributed by atoms with E-state index in [4.69, 9.17) is 9.47 Å². The Bertz CT molecular complexity index is 644. The maximum absolute atomic E-state index is 12.6. The molecule has 284 valence electrons. The van der Waals surface area contributed by atoms with Crippen LogP contribution in [-0.4, -0.2) is 25.2 Å². The van der Waals surface area contributed by atoms with E-state index in [9.17, 15) is 9.59 Å². The summed E-state index contributed by atoms with van der Waals surface area (Å²) in [5.41, 5.74) is 0. The summed E-state index contributed by atoms with van der Waals surface area (Å²) in [6.07, 6.45) is 43.6. The Morgan fingerprint density at radius 1 is 0.354 bits per heavy atom. The first-order valence-electron chi connectivity index (χ1n) is 21.6. The van der Waals surface area contributed by atoms with E-state index in [0.717, 1.165) is 25.7 Å². The highest BCUT2D eigenvalue weighted by molar-refractivity contribution is 5.91. The average Bonchev–Trinajstić information content (AvgIpc) is 3.09. The van der Waals surface area contributed by atoms with Crippen molar-refractivity contribution in [2.24, 2.45) is 11.8 Å². The Kier molecular flexibility index (Phi) is 37.4. The normalized spacial score (nSPS) is 12.8. The molecular weight excluding hydrogens is 592 g/mol. The van der Waals surface area contributed by atoms with Gasteiger partial charge in [-0.15, -0.1) is 0 Å². The van der Waals surface area contributed by atoms with Crippen molar-refractivity contribution in [3.05, 3.63) is 12.2 Å². The molecule has 48 heavy (non-hydrogen) atoms. The van der Waals surface area contributed by atoms with Crippen molar-refractivity contribution in [2.75, 3.05) is 13.2 Å². The van der Waals surface area contributed by atoms with Gasteiger partial charge in [0, 0.05) is 12.2 Å². The summed E-state index contributed by atoms with van der Waals surface area (Å²) < 4.78 is 11.3. The standard InChI is InChI=1S/C44H84O4/c1-5-9-13-17-21-23-27-31-35-41(33-29-25-19-15-11-7-3)39-47-43(45)37-38-44(46)48-40-42(34-30-26-20-16-12-8-4)36-32-28-24-22-18-14-10-6-2/h37-38,41-42H,5-36,39-40H2,1-4H3/b38-37+. The molecule has 0 N–H and O–H groups in total. The number of carbonyl (C=O) groups is 2. The van der Waals surface area contributed by atoms with Gasteiger partial charge in [0.1, 0.15) is 0 Å². The summed E-state index contributed by atoms with van der Waals surface area (Å²) >= 11 is 0. The molecule has 0 aliphatic heterocycles. The molecule has 0 saturated heterocycles. The fourth-order valence-corrected chi connectivity index (χ4v) is 6.81. The van der Waals surface area contributed by atoms with Gasteiger partial charge in [-0.05, 0) is 37.5 Å². The van der Waals surface area contributed by atoms with Crippen LogP contribution in [0.15, 0.2) is 12.2 Å². The fraction of sp³-hybridized carbons (Fsp3) is 0.909. The monoisotopic (exact) mass is 677 g/mol. The summed E-state index contributed by atoms with van der Waals surface area (Å²) in [6, 6.07) is 0. The second kappa shape index (κ2) is 38.5. The Labute approximate surface area is 300 Å². The zero-order chi connectivity index (χ0) is 35.2. The molecule has 0 amide bonds. The summed E-state index contributed by atoms with van der Waals surface area (Å²) in [5, 5.41) is 0. The Morgan fingerprint density at radius 2 is 0.562 bits per heavy atom. The van der Waals surface area contributed by atoms with Crippen LogP contribution in [0.5, 0.6) is 0 Å². The molecule has 2 atom stereocenters. The van der Waals surface area contributed by atoms with E-state index in [1.807, 2.05) is 0 Å². The van der Waals surface area contributed by atoms with Gasteiger partial charge in [-0.2, -0.15) is 0 Å². The first kappa shape index (κ1) is 46.7. The van der Waals surface area contributed by atoms with E-state index < -0.39 is 11.9 Å². The minimum Gasteiger partial charge on any atom is -0.462 e. The molecule has 0 radical (unpaired) electrons. The zero-order valence-corrected chi connectivity index (χ0v) is 33.0. The third-order valence-corrected chi connectivity index (χ3v) is 10.1. The van der Waals surface area contributed by atoms with Crippen molar-refractivity contribution in [1.82, 2.24) is 0 Å². The van der Waals surface area contributed by atoms with Crippen molar-refractivity contribution in [2.45, 2.75) is 233 Å². The molecule has 0 fully saturated rings. The number of unbranched alkanes of at least 4 members (excludes halogenated alkanes) is 24. The van der Waals surface area contributed by atoms with Crippen molar-refractivity contribution in [3.8, 4) is 0 Å². The number of carbonyl (C=O) groups excluding carboxylic acids is 2. The number of hydrogen-bond acceptors (Lipinski definition) is 4.